The second kappa shape index (κ2) is 6.81. The van der Waals surface area contributed by atoms with Crippen molar-refractivity contribution in [2.75, 3.05) is 0 Å². The van der Waals surface area contributed by atoms with Crippen molar-refractivity contribution < 1.29 is 4.79 Å². The lowest BCUT2D eigenvalue weighted by Gasteiger charge is -2.00. The second-order valence-corrected chi connectivity index (χ2v) is 5.90. The van der Waals surface area contributed by atoms with E-state index in [0.29, 0.717) is 6.42 Å². The van der Waals surface area contributed by atoms with E-state index in [2.05, 4.69) is 33.4 Å². The molecular formula is C11H15BrN2OS. The van der Waals surface area contributed by atoms with Gasteiger partial charge in [-0.1, -0.05) is 13.3 Å². The fourth-order valence-corrected chi connectivity index (χ4v) is 2.43. The maximum Gasteiger partial charge on any atom is 0.240 e. The Morgan fingerprint density at radius 2 is 2.31 bits per heavy atom. The fraction of sp³-hybridized carbons (Fsp3) is 0.455. The van der Waals surface area contributed by atoms with E-state index in [0.717, 1.165) is 27.2 Å². The molecule has 1 rings (SSSR count). The molecule has 0 aliphatic carbocycles. The molecule has 88 valence electrons. The largest absolute Gasteiger partial charge is 0.273 e. The number of carbonyl (C=O) groups excluding carboxylic acids is 1. The normalized spacial score (nSPS) is 11.6. The topological polar surface area (TPSA) is 41.5 Å². The van der Waals surface area contributed by atoms with Crippen LogP contribution < -0.4 is 5.43 Å². The Hall–Kier alpha value is -0.680. The number of hydrogen-bond acceptors (Lipinski definition) is 3. The SMILES string of the molecule is CCCCC(=O)N/N=C(/C)c1ccc(Br)s1. The minimum Gasteiger partial charge on any atom is -0.273 e. The average molecular weight is 303 g/mol. The van der Waals surface area contributed by atoms with Gasteiger partial charge in [-0.05, 0) is 41.4 Å². The van der Waals surface area contributed by atoms with Gasteiger partial charge in [0.2, 0.25) is 5.91 Å². The molecule has 3 nitrogen and oxygen atoms in total. The molecule has 0 spiro atoms. The first-order chi connectivity index (χ1) is 7.63. The third-order valence-electron chi connectivity index (χ3n) is 2.04. The fourth-order valence-electron chi connectivity index (χ4n) is 1.10. The number of hydrogen-bond donors (Lipinski definition) is 1. The summed E-state index contributed by atoms with van der Waals surface area (Å²) in [5.74, 6) is -0.0168. The molecular weight excluding hydrogens is 288 g/mol. The summed E-state index contributed by atoms with van der Waals surface area (Å²) in [6, 6.07) is 3.95. The molecule has 0 radical (unpaired) electrons. The van der Waals surface area contributed by atoms with Crippen molar-refractivity contribution in [3.05, 3.63) is 20.8 Å². The van der Waals surface area contributed by atoms with E-state index in [9.17, 15) is 4.79 Å². The van der Waals surface area contributed by atoms with Gasteiger partial charge in [-0.25, -0.2) is 5.43 Å². The van der Waals surface area contributed by atoms with E-state index in [-0.39, 0.29) is 5.91 Å². The monoisotopic (exact) mass is 302 g/mol. The van der Waals surface area contributed by atoms with E-state index in [1.54, 1.807) is 11.3 Å². The van der Waals surface area contributed by atoms with Crippen LogP contribution in [0.4, 0.5) is 0 Å². The second-order valence-electron chi connectivity index (χ2n) is 3.44. The molecule has 0 saturated carbocycles. The summed E-state index contributed by atoms with van der Waals surface area (Å²) in [7, 11) is 0. The predicted octanol–water partition coefficient (Wildman–Crippen LogP) is 3.54. The standard InChI is InChI=1S/C11H15BrN2OS/c1-3-4-5-11(15)14-13-8(2)9-6-7-10(12)16-9/h6-7H,3-5H2,1-2H3,(H,14,15)/b13-8-. The number of unbranched alkanes of at least 4 members (excludes halogenated alkanes) is 1. The van der Waals surface area contributed by atoms with Crippen molar-refractivity contribution in [1.29, 1.82) is 0 Å². The molecule has 5 heteroatoms. The zero-order chi connectivity index (χ0) is 12.0. The van der Waals surface area contributed by atoms with Gasteiger partial charge in [0.1, 0.15) is 0 Å². The maximum atomic E-state index is 11.3. The lowest BCUT2D eigenvalue weighted by atomic mass is 10.2. The molecule has 0 atom stereocenters. The molecule has 0 aliphatic rings. The summed E-state index contributed by atoms with van der Waals surface area (Å²) in [5.41, 5.74) is 3.40. The molecule has 1 N–H and O–H groups in total. The van der Waals surface area contributed by atoms with Crippen LogP contribution in [0.2, 0.25) is 0 Å². The summed E-state index contributed by atoms with van der Waals surface area (Å²) < 4.78 is 1.06. The number of thiophene rings is 1. The zero-order valence-electron chi connectivity index (χ0n) is 9.42. The number of carbonyl (C=O) groups is 1. The molecule has 0 aromatic carbocycles. The summed E-state index contributed by atoms with van der Waals surface area (Å²) in [4.78, 5) is 12.4. The van der Waals surface area contributed by atoms with Crippen molar-refractivity contribution in [2.24, 2.45) is 5.10 Å². The highest BCUT2D eigenvalue weighted by Crippen LogP contribution is 2.22. The van der Waals surface area contributed by atoms with Crippen LogP contribution in [-0.4, -0.2) is 11.6 Å². The molecule has 1 amide bonds. The Balaban J connectivity index is 2.48. The van der Waals surface area contributed by atoms with Gasteiger partial charge in [-0.3, -0.25) is 4.79 Å². The van der Waals surface area contributed by atoms with Crippen LogP contribution in [0.5, 0.6) is 0 Å². The number of nitrogens with zero attached hydrogens (tertiary/aromatic N) is 1. The Morgan fingerprint density at radius 3 is 2.88 bits per heavy atom. The van der Waals surface area contributed by atoms with E-state index < -0.39 is 0 Å². The van der Waals surface area contributed by atoms with Crippen LogP contribution in [0, 0.1) is 0 Å². The minimum atomic E-state index is -0.0168. The van der Waals surface area contributed by atoms with Gasteiger partial charge in [-0.15, -0.1) is 11.3 Å². The van der Waals surface area contributed by atoms with Crippen LogP contribution in [0.3, 0.4) is 0 Å². The highest BCUT2D eigenvalue weighted by Gasteiger charge is 2.02. The first-order valence-electron chi connectivity index (χ1n) is 5.22. The molecule has 0 bridgehead atoms. The van der Waals surface area contributed by atoms with Crippen LogP contribution >= 0.6 is 27.3 Å². The lowest BCUT2D eigenvalue weighted by Crippen LogP contribution is -2.18. The quantitative estimate of drug-likeness (QED) is 0.656. The van der Waals surface area contributed by atoms with E-state index >= 15 is 0 Å². The highest BCUT2D eigenvalue weighted by atomic mass is 79.9. The summed E-state index contributed by atoms with van der Waals surface area (Å²) in [5, 5.41) is 4.07. The van der Waals surface area contributed by atoms with Gasteiger partial charge < -0.3 is 0 Å². The zero-order valence-corrected chi connectivity index (χ0v) is 11.8. The first kappa shape index (κ1) is 13.4. The van der Waals surface area contributed by atoms with Gasteiger partial charge >= 0.3 is 0 Å². The number of hydrazone groups is 1. The van der Waals surface area contributed by atoms with Gasteiger partial charge in [0.05, 0.1) is 14.4 Å². The Bertz CT molecular complexity index is 387. The highest BCUT2D eigenvalue weighted by molar-refractivity contribution is 9.11. The molecule has 1 heterocycles. The number of rotatable bonds is 5. The Labute approximate surface area is 108 Å². The molecule has 0 saturated heterocycles. The third-order valence-corrected chi connectivity index (χ3v) is 3.77. The van der Waals surface area contributed by atoms with Crippen molar-refractivity contribution in [3.8, 4) is 0 Å². The number of nitrogens with one attached hydrogen (secondary N) is 1. The van der Waals surface area contributed by atoms with Crippen LogP contribution in [0.1, 0.15) is 38.0 Å². The summed E-state index contributed by atoms with van der Waals surface area (Å²) >= 11 is 4.99. The molecule has 0 fully saturated rings. The number of amides is 1. The van der Waals surface area contributed by atoms with Crippen molar-refractivity contribution >= 4 is 38.9 Å². The minimum absolute atomic E-state index is 0.0168. The smallest absolute Gasteiger partial charge is 0.240 e. The van der Waals surface area contributed by atoms with Gasteiger partial charge in [0.25, 0.3) is 0 Å². The van der Waals surface area contributed by atoms with Gasteiger partial charge in [0, 0.05) is 6.42 Å². The lowest BCUT2D eigenvalue weighted by molar-refractivity contribution is -0.121. The molecule has 0 unspecified atom stereocenters. The van der Waals surface area contributed by atoms with Gasteiger partial charge in [0.15, 0.2) is 0 Å². The van der Waals surface area contributed by atoms with Crippen molar-refractivity contribution in [2.45, 2.75) is 33.1 Å². The van der Waals surface area contributed by atoms with Crippen LogP contribution in [-0.2, 0) is 4.79 Å². The van der Waals surface area contributed by atoms with E-state index in [1.165, 1.54) is 0 Å². The van der Waals surface area contributed by atoms with Gasteiger partial charge in [-0.2, -0.15) is 5.10 Å². The van der Waals surface area contributed by atoms with Crippen molar-refractivity contribution in [1.82, 2.24) is 5.43 Å². The third kappa shape index (κ3) is 4.45. The predicted molar refractivity (Wildman–Crippen MR) is 71.9 cm³/mol. The average Bonchev–Trinajstić information content (AvgIpc) is 2.69. The van der Waals surface area contributed by atoms with Crippen LogP contribution in [0.15, 0.2) is 21.0 Å². The molecule has 1 aromatic heterocycles. The molecule has 16 heavy (non-hydrogen) atoms. The van der Waals surface area contributed by atoms with Crippen LogP contribution in [0.25, 0.3) is 0 Å². The van der Waals surface area contributed by atoms with E-state index in [4.69, 9.17) is 0 Å². The Kier molecular flexibility index (Phi) is 5.69. The van der Waals surface area contributed by atoms with E-state index in [1.807, 2.05) is 19.1 Å². The first-order valence-corrected chi connectivity index (χ1v) is 6.83. The summed E-state index contributed by atoms with van der Waals surface area (Å²) in [6.45, 7) is 3.95. The number of halogens is 1. The summed E-state index contributed by atoms with van der Waals surface area (Å²) in [6.07, 6.45) is 2.47. The maximum absolute atomic E-state index is 11.3. The Morgan fingerprint density at radius 1 is 1.56 bits per heavy atom. The van der Waals surface area contributed by atoms with Crippen molar-refractivity contribution in [3.63, 3.8) is 0 Å². The molecule has 0 aliphatic heterocycles. The molecule has 1 aromatic rings.